The lowest BCUT2D eigenvalue weighted by Crippen LogP contribution is -2.51. The van der Waals surface area contributed by atoms with Gasteiger partial charge < -0.3 is 10.8 Å². The highest BCUT2D eigenvalue weighted by Crippen LogP contribution is 2.52. The lowest BCUT2D eigenvalue weighted by molar-refractivity contribution is -0.159. The fourth-order valence-corrected chi connectivity index (χ4v) is 3.20. The Morgan fingerprint density at radius 1 is 1.36 bits per heavy atom. The third-order valence-corrected chi connectivity index (χ3v) is 4.07. The molecule has 0 amide bonds. The number of nitrogens with two attached hydrogens (primary N) is 1. The van der Waals surface area contributed by atoms with Gasteiger partial charge in [-0.15, -0.1) is 12.4 Å². The smallest absolute Gasteiger partial charge is 0.311 e. The minimum absolute atomic E-state index is 0. The number of rotatable bonds is 2. The van der Waals surface area contributed by atoms with E-state index in [2.05, 4.69) is 0 Å². The zero-order valence-electron chi connectivity index (χ0n) is 8.24. The molecule has 2 bridgehead atoms. The summed E-state index contributed by atoms with van der Waals surface area (Å²) in [4.78, 5) is 11.2. The maximum atomic E-state index is 11.2. The van der Waals surface area contributed by atoms with Crippen LogP contribution in [0.25, 0.3) is 0 Å². The van der Waals surface area contributed by atoms with E-state index in [1.807, 2.05) is 0 Å². The first-order valence-corrected chi connectivity index (χ1v) is 5.12. The molecule has 0 spiro atoms. The summed E-state index contributed by atoms with van der Waals surface area (Å²) in [6.45, 7) is 0.323. The summed E-state index contributed by atoms with van der Waals surface area (Å²) in [6, 6.07) is 0. The van der Waals surface area contributed by atoms with Gasteiger partial charge >= 0.3 is 5.97 Å². The van der Waals surface area contributed by atoms with Gasteiger partial charge in [0.25, 0.3) is 0 Å². The molecule has 0 radical (unpaired) electrons. The van der Waals surface area contributed by atoms with Crippen LogP contribution in [0.15, 0.2) is 0 Å². The van der Waals surface area contributed by atoms with Crippen molar-refractivity contribution in [3.63, 3.8) is 0 Å². The van der Waals surface area contributed by atoms with Crippen molar-refractivity contribution >= 4 is 18.4 Å². The van der Waals surface area contributed by atoms with E-state index in [1.165, 1.54) is 12.8 Å². The molecule has 0 heterocycles. The molecule has 0 aromatic heterocycles. The van der Waals surface area contributed by atoms with Gasteiger partial charge in [0.2, 0.25) is 0 Å². The number of hydrogen-bond donors (Lipinski definition) is 2. The number of carboxylic acids is 1. The quantitative estimate of drug-likeness (QED) is 0.743. The highest BCUT2D eigenvalue weighted by molar-refractivity contribution is 5.85. The fraction of sp³-hybridized carbons (Fsp3) is 0.900. The van der Waals surface area contributed by atoms with Crippen LogP contribution < -0.4 is 5.73 Å². The molecule has 0 aliphatic heterocycles. The molecule has 0 aromatic carbocycles. The van der Waals surface area contributed by atoms with Crippen molar-refractivity contribution in [2.75, 3.05) is 6.54 Å². The van der Waals surface area contributed by atoms with E-state index in [0.29, 0.717) is 18.4 Å². The normalized spacial score (nSPS) is 40.4. The summed E-state index contributed by atoms with van der Waals surface area (Å²) in [5.41, 5.74) is 5.08. The van der Waals surface area contributed by atoms with Crippen molar-refractivity contribution in [3.8, 4) is 0 Å². The highest BCUT2D eigenvalue weighted by Gasteiger charge is 2.51. The van der Waals surface area contributed by atoms with Crippen molar-refractivity contribution in [2.24, 2.45) is 23.0 Å². The van der Waals surface area contributed by atoms with Crippen molar-refractivity contribution in [1.82, 2.24) is 0 Å². The number of carboxylic acid groups (broad SMARTS) is 1. The third kappa shape index (κ3) is 1.52. The summed E-state index contributed by atoms with van der Waals surface area (Å²) in [5.74, 6) is 0.314. The van der Waals surface area contributed by atoms with Crippen LogP contribution in [-0.4, -0.2) is 17.6 Å². The Hall–Kier alpha value is -0.280. The lowest BCUT2D eigenvalue weighted by Gasteiger charge is -2.48. The second kappa shape index (κ2) is 4.07. The van der Waals surface area contributed by atoms with Gasteiger partial charge in [-0.2, -0.15) is 0 Å². The largest absolute Gasteiger partial charge is 0.481 e. The number of aliphatic carboxylic acids is 1. The molecule has 4 heteroatoms. The monoisotopic (exact) mass is 219 g/mol. The Morgan fingerprint density at radius 3 is 2.14 bits per heavy atom. The lowest BCUT2D eigenvalue weighted by atomic mass is 9.56. The Kier molecular flexibility index (Phi) is 3.43. The van der Waals surface area contributed by atoms with Gasteiger partial charge in [0.05, 0.1) is 5.41 Å². The maximum Gasteiger partial charge on any atom is 0.311 e. The molecule has 82 valence electrons. The second-order valence-corrected chi connectivity index (χ2v) is 4.59. The Balaban J connectivity index is 0.000000980. The first kappa shape index (κ1) is 11.8. The van der Waals surface area contributed by atoms with Crippen LogP contribution in [-0.2, 0) is 4.79 Å². The average molecular weight is 220 g/mol. The summed E-state index contributed by atoms with van der Waals surface area (Å²) >= 11 is 0. The summed E-state index contributed by atoms with van der Waals surface area (Å²) in [7, 11) is 0. The van der Waals surface area contributed by atoms with E-state index < -0.39 is 11.4 Å². The molecular formula is C10H18ClNO2. The molecule has 3 saturated carbocycles. The van der Waals surface area contributed by atoms with Gasteiger partial charge in [-0.05, 0) is 31.1 Å². The van der Waals surface area contributed by atoms with Crippen LogP contribution in [0.5, 0.6) is 0 Å². The molecule has 3 rings (SSSR count). The molecule has 14 heavy (non-hydrogen) atoms. The van der Waals surface area contributed by atoms with Gasteiger partial charge in [-0.3, -0.25) is 4.79 Å². The summed E-state index contributed by atoms with van der Waals surface area (Å²) in [5, 5.41) is 9.23. The number of carbonyl (C=O) groups is 1. The highest BCUT2D eigenvalue weighted by atomic mass is 35.5. The van der Waals surface area contributed by atoms with Gasteiger partial charge in [0.15, 0.2) is 0 Å². The van der Waals surface area contributed by atoms with Crippen molar-refractivity contribution in [2.45, 2.75) is 32.1 Å². The molecule has 1 atom stereocenters. The van der Waals surface area contributed by atoms with Crippen LogP contribution in [0.4, 0.5) is 0 Å². The molecule has 0 aromatic rings. The molecule has 3 fully saturated rings. The predicted octanol–water partition coefficient (Wildman–Crippen LogP) is 1.65. The van der Waals surface area contributed by atoms with Crippen LogP contribution in [0.1, 0.15) is 32.1 Å². The molecule has 3 N–H and O–H groups in total. The van der Waals surface area contributed by atoms with E-state index in [9.17, 15) is 9.90 Å². The van der Waals surface area contributed by atoms with Crippen LogP contribution in [0.2, 0.25) is 0 Å². The minimum Gasteiger partial charge on any atom is -0.481 e. The van der Waals surface area contributed by atoms with E-state index >= 15 is 0 Å². The van der Waals surface area contributed by atoms with E-state index in [0.717, 1.165) is 19.3 Å². The number of hydrogen-bond acceptors (Lipinski definition) is 2. The van der Waals surface area contributed by atoms with Gasteiger partial charge in [-0.25, -0.2) is 0 Å². The molecule has 3 aliphatic rings. The van der Waals surface area contributed by atoms with Crippen LogP contribution >= 0.6 is 12.4 Å². The van der Waals surface area contributed by atoms with Gasteiger partial charge in [0.1, 0.15) is 0 Å². The summed E-state index contributed by atoms with van der Waals surface area (Å²) < 4.78 is 0. The first-order chi connectivity index (χ1) is 6.19. The Labute approximate surface area is 90.5 Å². The van der Waals surface area contributed by atoms with Gasteiger partial charge in [-0.1, -0.05) is 12.8 Å². The van der Waals surface area contributed by atoms with Crippen molar-refractivity contribution in [3.05, 3.63) is 0 Å². The first-order valence-electron chi connectivity index (χ1n) is 5.12. The zero-order valence-corrected chi connectivity index (χ0v) is 9.05. The number of halogens is 1. The SMILES string of the molecule is Cl.NCC1(C(=O)O)CC2CCC1CC2. The molecule has 3 aliphatic carbocycles. The standard InChI is InChI=1S/C10H17NO2.ClH/c11-6-10(9(12)13)5-7-1-3-8(10)4-2-7;/h7-8H,1-6,11H2,(H,12,13);1H. The van der Waals surface area contributed by atoms with Crippen LogP contribution in [0, 0.1) is 17.3 Å². The Morgan fingerprint density at radius 2 is 1.93 bits per heavy atom. The number of fused-ring (bicyclic) bond motifs is 3. The molecule has 3 nitrogen and oxygen atoms in total. The molecule has 0 saturated heterocycles. The van der Waals surface area contributed by atoms with E-state index in [1.54, 1.807) is 0 Å². The zero-order chi connectivity index (χ0) is 9.47. The Bertz CT molecular complexity index is 226. The van der Waals surface area contributed by atoms with Gasteiger partial charge in [0, 0.05) is 6.54 Å². The fourth-order valence-electron chi connectivity index (χ4n) is 3.20. The maximum absolute atomic E-state index is 11.2. The van der Waals surface area contributed by atoms with Crippen molar-refractivity contribution in [1.29, 1.82) is 0 Å². The predicted molar refractivity (Wildman–Crippen MR) is 56.4 cm³/mol. The van der Waals surface area contributed by atoms with E-state index in [4.69, 9.17) is 5.73 Å². The topological polar surface area (TPSA) is 63.3 Å². The van der Waals surface area contributed by atoms with Crippen LogP contribution in [0.3, 0.4) is 0 Å². The minimum atomic E-state index is -0.663. The third-order valence-electron chi connectivity index (χ3n) is 4.07. The molecular weight excluding hydrogens is 202 g/mol. The molecule has 1 unspecified atom stereocenters. The second-order valence-electron chi connectivity index (χ2n) is 4.59. The van der Waals surface area contributed by atoms with Crippen molar-refractivity contribution < 1.29 is 9.90 Å². The van der Waals surface area contributed by atoms with E-state index in [-0.39, 0.29) is 12.4 Å². The average Bonchev–Trinajstić information content (AvgIpc) is 2.19. The summed E-state index contributed by atoms with van der Waals surface area (Å²) in [6.07, 6.45) is 5.42.